The number of hydrogen-bond donors (Lipinski definition) is 2. The number of quaternary nitrogens is 1. The van der Waals surface area contributed by atoms with Crippen LogP contribution in [0.2, 0.25) is 0 Å². The second kappa shape index (κ2) is 8.89. The van der Waals surface area contributed by atoms with E-state index in [1.807, 2.05) is 18.2 Å². The van der Waals surface area contributed by atoms with Gasteiger partial charge in [-0.2, -0.15) is 0 Å². The van der Waals surface area contributed by atoms with Crippen LogP contribution in [0, 0.1) is 0 Å². The Bertz CT molecular complexity index is 865. The number of amides is 1. The normalized spacial score (nSPS) is 18.5. The highest BCUT2D eigenvalue weighted by Crippen LogP contribution is 2.31. The summed E-state index contributed by atoms with van der Waals surface area (Å²) in [4.78, 5) is 25.4. The van der Waals surface area contributed by atoms with Crippen LogP contribution < -0.4 is 19.7 Å². The molecule has 1 heterocycles. The minimum Gasteiger partial charge on any atom is -0.497 e. The standard InChI is InChI=1S/C22H26N2O4/c1-15(25)16-6-4-7-17(12-16)23-22(26)14-24-11-5-8-20(24)19-10-9-18(27-2)13-21(19)28-3/h4,6-7,9-10,12-13,20H,5,8,11,14H2,1-3H3,(H,23,26)/p+1/t20-/m0/s1. The molecule has 1 saturated heterocycles. The molecule has 1 aliphatic rings. The molecule has 0 radical (unpaired) electrons. The lowest BCUT2D eigenvalue weighted by molar-refractivity contribution is -0.910. The van der Waals surface area contributed by atoms with Crippen LogP contribution in [0.3, 0.4) is 0 Å². The number of carbonyl (C=O) groups is 2. The SMILES string of the molecule is COc1ccc([C@@H]2CCC[NH+]2CC(=O)Nc2cccc(C(C)=O)c2)c(OC)c1. The Balaban J connectivity index is 1.71. The number of benzene rings is 2. The first kappa shape index (κ1) is 19.9. The Kier molecular flexibility index (Phi) is 6.31. The summed E-state index contributed by atoms with van der Waals surface area (Å²) >= 11 is 0. The molecule has 2 N–H and O–H groups in total. The molecular formula is C22H27N2O4+. The second-order valence-corrected chi connectivity index (χ2v) is 7.07. The summed E-state index contributed by atoms with van der Waals surface area (Å²) in [6.45, 7) is 2.81. The van der Waals surface area contributed by atoms with Crippen LogP contribution >= 0.6 is 0 Å². The maximum atomic E-state index is 12.6. The van der Waals surface area contributed by atoms with Gasteiger partial charge in [-0.25, -0.2) is 0 Å². The molecule has 1 unspecified atom stereocenters. The number of ketones is 1. The van der Waals surface area contributed by atoms with Crippen molar-refractivity contribution in [2.45, 2.75) is 25.8 Å². The molecule has 3 rings (SSSR count). The molecule has 148 valence electrons. The van der Waals surface area contributed by atoms with Crippen molar-refractivity contribution >= 4 is 17.4 Å². The van der Waals surface area contributed by atoms with Crippen molar-refractivity contribution in [3.8, 4) is 11.5 Å². The van der Waals surface area contributed by atoms with Gasteiger partial charge in [-0.05, 0) is 31.2 Å². The molecule has 1 fully saturated rings. The number of nitrogens with one attached hydrogen (secondary N) is 2. The van der Waals surface area contributed by atoms with Crippen LogP contribution in [-0.4, -0.2) is 39.0 Å². The molecule has 6 heteroatoms. The molecule has 1 aliphatic heterocycles. The van der Waals surface area contributed by atoms with Crippen LogP contribution in [0.4, 0.5) is 5.69 Å². The number of likely N-dealkylation sites (tertiary alicyclic amines) is 1. The van der Waals surface area contributed by atoms with E-state index in [1.54, 1.807) is 38.5 Å². The van der Waals surface area contributed by atoms with Crippen molar-refractivity contribution in [3.63, 3.8) is 0 Å². The smallest absolute Gasteiger partial charge is 0.279 e. The largest absolute Gasteiger partial charge is 0.497 e. The van der Waals surface area contributed by atoms with E-state index in [-0.39, 0.29) is 17.7 Å². The molecule has 0 bridgehead atoms. The maximum Gasteiger partial charge on any atom is 0.279 e. The number of Topliss-reactive ketones (excluding diaryl/α,β-unsaturated/α-hetero) is 1. The van der Waals surface area contributed by atoms with Gasteiger partial charge in [-0.3, -0.25) is 9.59 Å². The van der Waals surface area contributed by atoms with Gasteiger partial charge in [0.2, 0.25) is 0 Å². The lowest BCUT2D eigenvalue weighted by Crippen LogP contribution is -3.11. The molecule has 2 atom stereocenters. The minimum atomic E-state index is -0.0601. The topological polar surface area (TPSA) is 69.1 Å². The summed E-state index contributed by atoms with van der Waals surface area (Å²) < 4.78 is 10.8. The van der Waals surface area contributed by atoms with Gasteiger partial charge in [-0.1, -0.05) is 12.1 Å². The summed E-state index contributed by atoms with van der Waals surface area (Å²) in [7, 11) is 3.29. The predicted molar refractivity (Wildman–Crippen MR) is 107 cm³/mol. The maximum absolute atomic E-state index is 12.6. The van der Waals surface area contributed by atoms with E-state index in [0.29, 0.717) is 17.8 Å². The van der Waals surface area contributed by atoms with Crippen LogP contribution in [0.15, 0.2) is 42.5 Å². The number of hydrogen-bond acceptors (Lipinski definition) is 4. The number of ether oxygens (including phenoxy) is 2. The second-order valence-electron chi connectivity index (χ2n) is 7.07. The number of rotatable bonds is 7. The van der Waals surface area contributed by atoms with E-state index in [0.717, 1.165) is 36.4 Å². The molecule has 0 saturated carbocycles. The Hall–Kier alpha value is -2.86. The Labute approximate surface area is 165 Å². The van der Waals surface area contributed by atoms with E-state index in [2.05, 4.69) is 5.32 Å². The number of anilines is 1. The van der Waals surface area contributed by atoms with Gasteiger partial charge >= 0.3 is 0 Å². The van der Waals surface area contributed by atoms with Crippen LogP contribution in [0.1, 0.15) is 41.7 Å². The first-order valence-corrected chi connectivity index (χ1v) is 9.49. The summed E-state index contributed by atoms with van der Waals surface area (Å²) in [5.74, 6) is 1.46. The van der Waals surface area contributed by atoms with E-state index >= 15 is 0 Å². The third kappa shape index (κ3) is 4.51. The van der Waals surface area contributed by atoms with Crippen molar-refractivity contribution in [1.82, 2.24) is 0 Å². The fourth-order valence-electron chi connectivity index (χ4n) is 3.83. The van der Waals surface area contributed by atoms with Crippen molar-refractivity contribution in [3.05, 3.63) is 53.6 Å². The van der Waals surface area contributed by atoms with Crippen LogP contribution in [-0.2, 0) is 4.79 Å². The Morgan fingerprint density at radius 1 is 1.14 bits per heavy atom. The zero-order valence-corrected chi connectivity index (χ0v) is 16.6. The zero-order valence-electron chi connectivity index (χ0n) is 16.6. The quantitative estimate of drug-likeness (QED) is 0.720. The molecular weight excluding hydrogens is 356 g/mol. The molecule has 2 aromatic carbocycles. The van der Waals surface area contributed by atoms with Gasteiger partial charge in [0.1, 0.15) is 17.5 Å². The predicted octanol–water partition coefficient (Wildman–Crippen LogP) is 2.26. The fourth-order valence-corrected chi connectivity index (χ4v) is 3.83. The Morgan fingerprint density at radius 3 is 2.68 bits per heavy atom. The van der Waals surface area contributed by atoms with E-state index < -0.39 is 0 Å². The van der Waals surface area contributed by atoms with Gasteiger partial charge < -0.3 is 19.7 Å². The summed E-state index contributed by atoms with van der Waals surface area (Å²) in [5, 5.41) is 2.92. The fraction of sp³-hybridized carbons (Fsp3) is 0.364. The first-order chi connectivity index (χ1) is 13.5. The van der Waals surface area contributed by atoms with Crippen LogP contribution in [0.5, 0.6) is 11.5 Å². The molecule has 28 heavy (non-hydrogen) atoms. The third-order valence-electron chi connectivity index (χ3n) is 5.24. The highest BCUT2D eigenvalue weighted by atomic mass is 16.5. The summed E-state index contributed by atoms with van der Waals surface area (Å²) in [6, 6.07) is 13.1. The average molecular weight is 383 g/mol. The highest BCUT2D eigenvalue weighted by molar-refractivity contribution is 5.97. The van der Waals surface area contributed by atoms with E-state index in [4.69, 9.17) is 9.47 Å². The molecule has 6 nitrogen and oxygen atoms in total. The van der Waals surface area contributed by atoms with Crippen molar-refractivity contribution < 1.29 is 24.0 Å². The monoisotopic (exact) mass is 383 g/mol. The molecule has 2 aromatic rings. The lowest BCUT2D eigenvalue weighted by atomic mass is 10.0. The lowest BCUT2D eigenvalue weighted by Gasteiger charge is -2.23. The van der Waals surface area contributed by atoms with Gasteiger partial charge in [0.15, 0.2) is 12.3 Å². The number of carbonyl (C=O) groups excluding carboxylic acids is 2. The minimum absolute atomic E-state index is 0.0204. The third-order valence-corrected chi connectivity index (χ3v) is 5.24. The average Bonchev–Trinajstić information content (AvgIpc) is 3.15. The van der Waals surface area contributed by atoms with Crippen molar-refractivity contribution in [1.29, 1.82) is 0 Å². The van der Waals surface area contributed by atoms with E-state index in [9.17, 15) is 9.59 Å². The molecule has 0 aliphatic carbocycles. The van der Waals surface area contributed by atoms with Gasteiger partial charge in [0, 0.05) is 30.2 Å². The summed E-state index contributed by atoms with van der Waals surface area (Å²) in [5.41, 5.74) is 2.34. The molecule has 0 aromatic heterocycles. The van der Waals surface area contributed by atoms with Crippen LogP contribution in [0.25, 0.3) is 0 Å². The van der Waals surface area contributed by atoms with Crippen molar-refractivity contribution in [2.24, 2.45) is 0 Å². The van der Waals surface area contributed by atoms with Gasteiger partial charge in [-0.15, -0.1) is 0 Å². The van der Waals surface area contributed by atoms with E-state index in [1.165, 1.54) is 11.8 Å². The number of methoxy groups -OCH3 is 2. The van der Waals surface area contributed by atoms with Gasteiger partial charge in [0.25, 0.3) is 5.91 Å². The Morgan fingerprint density at radius 2 is 1.96 bits per heavy atom. The first-order valence-electron chi connectivity index (χ1n) is 9.49. The summed E-state index contributed by atoms with van der Waals surface area (Å²) in [6.07, 6.45) is 2.06. The molecule has 1 amide bonds. The molecule has 0 spiro atoms. The zero-order chi connectivity index (χ0) is 20.1. The van der Waals surface area contributed by atoms with Crippen molar-refractivity contribution in [2.75, 3.05) is 32.6 Å². The highest BCUT2D eigenvalue weighted by Gasteiger charge is 2.33. The van der Waals surface area contributed by atoms with Gasteiger partial charge in [0.05, 0.1) is 26.3 Å².